The maximum absolute atomic E-state index is 13.6. The second-order valence-corrected chi connectivity index (χ2v) is 5.86. The van der Waals surface area contributed by atoms with Gasteiger partial charge in [-0.05, 0) is 42.5 Å². The molecule has 0 unspecified atom stereocenters. The van der Waals surface area contributed by atoms with E-state index in [-0.39, 0.29) is 18.0 Å². The van der Waals surface area contributed by atoms with Gasteiger partial charge in [0, 0.05) is 34.8 Å². The third-order valence-corrected chi connectivity index (χ3v) is 4.11. The first-order valence-electron chi connectivity index (χ1n) is 7.95. The summed E-state index contributed by atoms with van der Waals surface area (Å²) in [5, 5.41) is 10.4. The molecule has 2 heterocycles. The van der Waals surface area contributed by atoms with Crippen LogP contribution in [0.1, 0.15) is 15.9 Å². The number of rotatable bonds is 4. The Morgan fingerprint density at radius 2 is 1.96 bits per heavy atom. The summed E-state index contributed by atoms with van der Waals surface area (Å²) in [5.74, 6) is -1.48. The number of carbonyl (C=O) groups is 1. The molecular formula is C19H14F2N4O. The second-order valence-electron chi connectivity index (χ2n) is 5.86. The number of benzene rings is 2. The molecule has 130 valence electrons. The van der Waals surface area contributed by atoms with Crippen molar-refractivity contribution in [1.29, 1.82) is 0 Å². The molecule has 7 heteroatoms. The Kier molecular flexibility index (Phi) is 3.96. The van der Waals surface area contributed by atoms with Crippen molar-refractivity contribution in [2.75, 3.05) is 0 Å². The molecule has 0 atom stereocenters. The molecule has 0 aliphatic carbocycles. The van der Waals surface area contributed by atoms with Gasteiger partial charge >= 0.3 is 0 Å². The zero-order chi connectivity index (χ0) is 18.1. The lowest BCUT2D eigenvalue weighted by atomic mass is 10.1. The van der Waals surface area contributed by atoms with Crippen LogP contribution in [0.5, 0.6) is 0 Å². The molecular weight excluding hydrogens is 338 g/mol. The van der Waals surface area contributed by atoms with Crippen LogP contribution in [-0.4, -0.2) is 21.1 Å². The molecule has 5 nitrogen and oxygen atoms in total. The maximum Gasteiger partial charge on any atom is 0.251 e. The Bertz CT molecular complexity index is 1090. The van der Waals surface area contributed by atoms with Gasteiger partial charge in [-0.1, -0.05) is 6.07 Å². The second kappa shape index (κ2) is 6.44. The van der Waals surface area contributed by atoms with Crippen LogP contribution in [0.4, 0.5) is 8.78 Å². The number of nitrogens with one attached hydrogen (secondary N) is 3. The summed E-state index contributed by atoms with van der Waals surface area (Å²) in [4.78, 5) is 15.5. The Labute approximate surface area is 147 Å². The van der Waals surface area contributed by atoms with Gasteiger partial charge in [-0.2, -0.15) is 5.10 Å². The first kappa shape index (κ1) is 16.0. The van der Waals surface area contributed by atoms with Gasteiger partial charge in [0.1, 0.15) is 17.3 Å². The Morgan fingerprint density at radius 3 is 2.77 bits per heavy atom. The number of aromatic nitrogens is 3. The molecule has 0 radical (unpaired) electrons. The lowest BCUT2D eigenvalue weighted by molar-refractivity contribution is 0.0950. The third kappa shape index (κ3) is 3.06. The Hall–Kier alpha value is -3.48. The van der Waals surface area contributed by atoms with Crippen LogP contribution in [0.15, 0.2) is 54.7 Å². The van der Waals surface area contributed by atoms with Crippen molar-refractivity contribution in [2.45, 2.75) is 6.54 Å². The van der Waals surface area contributed by atoms with Crippen molar-refractivity contribution in [1.82, 2.24) is 20.5 Å². The number of amides is 1. The van der Waals surface area contributed by atoms with Gasteiger partial charge in [0.15, 0.2) is 0 Å². The fourth-order valence-corrected chi connectivity index (χ4v) is 2.77. The molecule has 3 N–H and O–H groups in total. The predicted molar refractivity (Wildman–Crippen MR) is 93.4 cm³/mol. The lowest BCUT2D eigenvalue weighted by Gasteiger charge is -2.07. The fourth-order valence-electron chi connectivity index (χ4n) is 2.77. The van der Waals surface area contributed by atoms with E-state index in [9.17, 15) is 13.6 Å². The van der Waals surface area contributed by atoms with Gasteiger partial charge in [0.25, 0.3) is 5.91 Å². The van der Waals surface area contributed by atoms with Crippen LogP contribution in [0.25, 0.3) is 22.3 Å². The fraction of sp³-hybridized carbons (Fsp3) is 0.0526. The summed E-state index contributed by atoms with van der Waals surface area (Å²) in [7, 11) is 0. The molecule has 4 rings (SSSR count). The first-order chi connectivity index (χ1) is 12.6. The van der Waals surface area contributed by atoms with Gasteiger partial charge in [0.05, 0.1) is 5.69 Å². The largest absolute Gasteiger partial charge is 0.353 e. The molecule has 0 spiro atoms. The van der Waals surface area contributed by atoms with Crippen LogP contribution in [0, 0.1) is 11.6 Å². The first-order valence-corrected chi connectivity index (χ1v) is 7.95. The zero-order valence-electron chi connectivity index (χ0n) is 13.5. The third-order valence-electron chi connectivity index (χ3n) is 4.11. The molecule has 0 aliphatic heterocycles. The van der Waals surface area contributed by atoms with E-state index in [0.717, 1.165) is 40.5 Å². The average Bonchev–Trinajstić information content (AvgIpc) is 3.30. The topological polar surface area (TPSA) is 73.6 Å². The highest BCUT2D eigenvalue weighted by Crippen LogP contribution is 2.23. The van der Waals surface area contributed by atoms with Crippen molar-refractivity contribution in [3.05, 3.63) is 77.5 Å². The van der Waals surface area contributed by atoms with Crippen molar-refractivity contribution < 1.29 is 13.6 Å². The molecule has 1 amide bonds. The highest BCUT2D eigenvalue weighted by molar-refractivity contribution is 5.98. The summed E-state index contributed by atoms with van der Waals surface area (Å²) in [5.41, 5.74) is 2.91. The molecule has 2 aromatic carbocycles. The van der Waals surface area contributed by atoms with Crippen LogP contribution in [-0.2, 0) is 6.54 Å². The number of aromatic amines is 2. The SMILES string of the molecule is O=C(NCc1cc(F)ccc1F)c1ccc2cc(-c3cc[nH]n3)[nH]c2c1. The number of halogens is 2. The normalized spacial score (nSPS) is 11.0. The smallest absolute Gasteiger partial charge is 0.251 e. The van der Waals surface area contributed by atoms with Crippen LogP contribution < -0.4 is 5.32 Å². The number of carbonyl (C=O) groups excluding carboxylic acids is 1. The van der Waals surface area contributed by atoms with Gasteiger partial charge in [0.2, 0.25) is 0 Å². The van der Waals surface area contributed by atoms with Gasteiger partial charge in [-0.3, -0.25) is 9.89 Å². The standard InChI is InChI=1S/C19H14F2N4O/c20-14-3-4-15(21)13(7-14)10-22-19(26)12-2-1-11-8-18(24-17(11)9-12)16-5-6-23-25-16/h1-9,24H,10H2,(H,22,26)(H,23,25). The predicted octanol–water partition coefficient (Wildman–Crippen LogP) is 3.77. The van der Waals surface area contributed by atoms with E-state index < -0.39 is 11.6 Å². The average molecular weight is 352 g/mol. The van der Waals surface area contributed by atoms with Gasteiger partial charge in [-0.25, -0.2) is 8.78 Å². The molecule has 0 saturated heterocycles. The zero-order valence-corrected chi connectivity index (χ0v) is 13.5. The summed E-state index contributed by atoms with van der Waals surface area (Å²) < 4.78 is 26.8. The Morgan fingerprint density at radius 1 is 1.08 bits per heavy atom. The molecule has 26 heavy (non-hydrogen) atoms. The number of H-pyrrole nitrogens is 2. The number of fused-ring (bicyclic) bond motifs is 1. The van der Waals surface area contributed by atoms with Crippen molar-refractivity contribution in [2.24, 2.45) is 0 Å². The summed E-state index contributed by atoms with van der Waals surface area (Å²) in [6.45, 7) is -0.0935. The van der Waals surface area contributed by atoms with Gasteiger partial charge < -0.3 is 10.3 Å². The van der Waals surface area contributed by atoms with E-state index in [0.29, 0.717) is 5.56 Å². The van der Waals surface area contributed by atoms with Crippen LogP contribution in [0.2, 0.25) is 0 Å². The minimum Gasteiger partial charge on any atom is -0.353 e. The molecule has 4 aromatic rings. The highest BCUT2D eigenvalue weighted by Gasteiger charge is 2.11. The monoisotopic (exact) mass is 352 g/mol. The summed E-state index contributed by atoms with van der Waals surface area (Å²) >= 11 is 0. The summed E-state index contributed by atoms with van der Waals surface area (Å²) in [6, 6.07) is 12.1. The quantitative estimate of drug-likeness (QED) is 0.523. The van der Waals surface area contributed by atoms with E-state index in [1.165, 1.54) is 0 Å². The van der Waals surface area contributed by atoms with Crippen molar-refractivity contribution in [3.8, 4) is 11.4 Å². The van der Waals surface area contributed by atoms with Crippen LogP contribution in [0.3, 0.4) is 0 Å². The molecule has 0 fully saturated rings. The van der Waals surface area contributed by atoms with Crippen LogP contribution >= 0.6 is 0 Å². The number of hydrogen-bond acceptors (Lipinski definition) is 2. The Balaban J connectivity index is 1.54. The molecule has 0 saturated carbocycles. The van der Waals surface area contributed by atoms with Gasteiger partial charge in [-0.15, -0.1) is 0 Å². The van der Waals surface area contributed by atoms with Crippen molar-refractivity contribution >= 4 is 16.8 Å². The number of nitrogens with zero attached hydrogens (tertiary/aromatic N) is 1. The van der Waals surface area contributed by atoms with E-state index >= 15 is 0 Å². The number of hydrogen-bond donors (Lipinski definition) is 3. The molecule has 0 aliphatic rings. The minimum absolute atomic E-state index is 0.0935. The van der Waals surface area contributed by atoms with E-state index in [1.807, 2.05) is 18.2 Å². The molecule has 2 aromatic heterocycles. The minimum atomic E-state index is -0.560. The molecule has 0 bridgehead atoms. The van der Waals surface area contributed by atoms with E-state index in [1.54, 1.807) is 18.3 Å². The lowest BCUT2D eigenvalue weighted by Crippen LogP contribution is -2.23. The highest BCUT2D eigenvalue weighted by atomic mass is 19.1. The van der Waals surface area contributed by atoms with E-state index in [4.69, 9.17) is 0 Å². The maximum atomic E-state index is 13.6. The summed E-state index contributed by atoms with van der Waals surface area (Å²) in [6.07, 6.45) is 1.73. The van der Waals surface area contributed by atoms with Crippen molar-refractivity contribution in [3.63, 3.8) is 0 Å². The van der Waals surface area contributed by atoms with E-state index in [2.05, 4.69) is 20.5 Å².